The van der Waals surface area contributed by atoms with Crippen molar-refractivity contribution in [1.29, 1.82) is 0 Å². The fraction of sp³-hybridized carbons (Fsp3) is 0.188. The number of fused-ring (bicyclic) bond motifs is 1. The number of nitrogen functional groups attached to an aromatic ring is 1. The lowest BCUT2D eigenvalue weighted by molar-refractivity contribution is -0.127. The molecule has 27 heavy (non-hydrogen) atoms. The molecule has 0 fully saturated rings. The number of rotatable bonds is 4. The van der Waals surface area contributed by atoms with Crippen LogP contribution in [-0.4, -0.2) is 37.9 Å². The van der Waals surface area contributed by atoms with E-state index in [1.807, 2.05) is 0 Å². The third-order valence-corrected chi connectivity index (χ3v) is 4.73. The molecule has 0 saturated carbocycles. The van der Waals surface area contributed by atoms with Crippen LogP contribution >= 0.6 is 0 Å². The number of benzene rings is 1. The van der Waals surface area contributed by atoms with Crippen molar-refractivity contribution in [3.8, 4) is 5.75 Å². The second-order valence-electron chi connectivity index (χ2n) is 5.86. The molecule has 3 rings (SSSR count). The Morgan fingerprint density at radius 3 is 2.56 bits per heavy atom. The van der Waals surface area contributed by atoms with Gasteiger partial charge in [0.15, 0.2) is 17.7 Å². The molecule has 142 valence electrons. The van der Waals surface area contributed by atoms with Gasteiger partial charge in [0, 0.05) is 5.69 Å². The minimum Gasteiger partial charge on any atom is -0.477 e. The molecule has 0 bridgehead atoms. The number of sulfonamides is 1. The number of hydrogen-bond acceptors (Lipinski definition) is 7. The fourth-order valence-corrected chi connectivity index (χ4v) is 3.04. The van der Waals surface area contributed by atoms with Crippen LogP contribution in [-0.2, 0) is 19.6 Å². The summed E-state index contributed by atoms with van der Waals surface area (Å²) in [6.07, 6.45) is -0.773. The Hall–Kier alpha value is -3.18. The van der Waals surface area contributed by atoms with E-state index in [9.17, 15) is 18.0 Å². The van der Waals surface area contributed by atoms with E-state index in [0.29, 0.717) is 11.4 Å². The van der Waals surface area contributed by atoms with Gasteiger partial charge in [-0.25, -0.2) is 18.5 Å². The van der Waals surface area contributed by atoms with E-state index in [-0.39, 0.29) is 23.1 Å². The maximum atomic E-state index is 12.4. The van der Waals surface area contributed by atoms with Gasteiger partial charge in [-0.05, 0) is 43.3 Å². The third-order valence-electron chi connectivity index (χ3n) is 3.80. The maximum Gasteiger partial charge on any atom is 0.269 e. The molecule has 2 aromatic rings. The SMILES string of the molecule is CC1Oc2ccc(N)nc2N(CC(=O)Nc2ccc(S(N)(=O)=O)cc2)C1=O. The second-order valence-corrected chi connectivity index (χ2v) is 7.42. The molecule has 0 aliphatic carbocycles. The number of aromatic nitrogens is 1. The number of carbonyl (C=O) groups excluding carboxylic acids is 2. The predicted octanol–water partition coefficient (Wildman–Crippen LogP) is 0.0638. The highest BCUT2D eigenvalue weighted by atomic mass is 32.2. The van der Waals surface area contributed by atoms with E-state index in [0.717, 1.165) is 0 Å². The molecular weight excluding hydrogens is 374 g/mol. The van der Waals surface area contributed by atoms with Gasteiger partial charge in [-0.2, -0.15) is 0 Å². The van der Waals surface area contributed by atoms with E-state index in [1.54, 1.807) is 13.0 Å². The summed E-state index contributed by atoms with van der Waals surface area (Å²) in [5, 5.41) is 7.61. The van der Waals surface area contributed by atoms with Gasteiger partial charge >= 0.3 is 0 Å². The van der Waals surface area contributed by atoms with Crippen molar-refractivity contribution in [1.82, 2.24) is 4.98 Å². The van der Waals surface area contributed by atoms with E-state index in [4.69, 9.17) is 15.6 Å². The Bertz CT molecular complexity index is 1010. The molecule has 11 heteroatoms. The molecule has 10 nitrogen and oxygen atoms in total. The van der Waals surface area contributed by atoms with Crippen LogP contribution in [0, 0.1) is 0 Å². The summed E-state index contributed by atoms with van der Waals surface area (Å²) in [6.45, 7) is 1.26. The molecule has 1 atom stereocenters. The standard InChI is InChI=1S/C16H17N5O5S/c1-9-16(23)21(15-12(26-9)6-7-13(17)20-15)8-14(22)19-10-2-4-11(5-3-10)27(18,24)25/h2-7,9H,8H2,1H3,(H2,17,20)(H,19,22)(H2,18,24,25). The first-order valence-corrected chi connectivity index (χ1v) is 9.37. The number of amides is 2. The van der Waals surface area contributed by atoms with Crippen LogP contribution in [0.2, 0.25) is 0 Å². The van der Waals surface area contributed by atoms with Crippen molar-refractivity contribution in [3.63, 3.8) is 0 Å². The number of carbonyl (C=O) groups is 2. The number of primary sulfonamides is 1. The normalized spacial score (nSPS) is 16.4. The first-order valence-electron chi connectivity index (χ1n) is 7.82. The minimum absolute atomic E-state index is 0.0775. The molecule has 2 amide bonds. The van der Waals surface area contributed by atoms with E-state index < -0.39 is 27.9 Å². The Morgan fingerprint density at radius 2 is 1.93 bits per heavy atom. The quantitative estimate of drug-likeness (QED) is 0.665. The zero-order valence-corrected chi connectivity index (χ0v) is 15.1. The molecule has 1 aromatic heterocycles. The van der Waals surface area contributed by atoms with Gasteiger partial charge in [0.25, 0.3) is 5.91 Å². The zero-order valence-electron chi connectivity index (χ0n) is 14.2. The summed E-state index contributed by atoms with van der Waals surface area (Å²) in [5.74, 6) is -0.237. The number of nitrogens with zero attached hydrogens (tertiary/aromatic N) is 2. The van der Waals surface area contributed by atoms with Gasteiger partial charge in [0.2, 0.25) is 15.9 Å². The lowest BCUT2D eigenvalue weighted by Crippen LogP contribution is -2.48. The molecule has 1 aliphatic rings. The summed E-state index contributed by atoms with van der Waals surface area (Å²) in [7, 11) is -3.82. The first kappa shape index (κ1) is 18.6. The van der Waals surface area contributed by atoms with Gasteiger partial charge in [-0.1, -0.05) is 0 Å². The summed E-state index contributed by atoms with van der Waals surface area (Å²) in [5.41, 5.74) is 6.01. The number of pyridine rings is 1. The number of hydrogen-bond donors (Lipinski definition) is 3. The topological polar surface area (TPSA) is 158 Å². The number of nitrogens with one attached hydrogen (secondary N) is 1. The van der Waals surface area contributed by atoms with Crippen molar-refractivity contribution in [2.45, 2.75) is 17.9 Å². The average Bonchev–Trinajstić information content (AvgIpc) is 2.59. The summed E-state index contributed by atoms with van der Waals surface area (Å²) >= 11 is 0. The monoisotopic (exact) mass is 391 g/mol. The molecule has 1 unspecified atom stereocenters. The van der Waals surface area contributed by atoms with E-state index in [2.05, 4.69) is 10.3 Å². The summed E-state index contributed by atoms with van der Waals surface area (Å²) in [4.78, 5) is 30.0. The lowest BCUT2D eigenvalue weighted by Gasteiger charge is -2.31. The fourth-order valence-electron chi connectivity index (χ4n) is 2.53. The largest absolute Gasteiger partial charge is 0.477 e. The Balaban J connectivity index is 1.77. The molecule has 0 radical (unpaired) electrons. The van der Waals surface area contributed by atoms with E-state index >= 15 is 0 Å². The first-order chi connectivity index (χ1) is 12.6. The van der Waals surface area contributed by atoms with Crippen LogP contribution in [0.15, 0.2) is 41.3 Å². The summed E-state index contributed by atoms with van der Waals surface area (Å²) < 4.78 is 28.0. The van der Waals surface area contributed by atoms with Crippen molar-refractivity contribution < 1.29 is 22.7 Å². The van der Waals surface area contributed by atoms with Gasteiger partial charge < -0.3 is 15.8 Å². The molecular formula is C16H17N5O5S. The zero-order chi connectivity index (χ0) is 19.8. The van der Waals surface area contributed by atoms with Crippen molar-refractivity contribution in [2.24, 2.45) is 5.14 Å². The maximum absolute atomic E-state index is 12.4. The third kappa shape index (κ3) is 3.99. The second kappa shape index (κ2) is 6.85. The van der Waals surface area contributed by atoms with Crippen molar-refractivity contribution in [2.75, 3.05) is 22.5 Å². The van der Waals surface area contributed by atoms with Gasteiger partial charge in [-0.15, -0.1) is 0 Å². The smallest absolute Gasteiger partial charge is 0.269 e. The van der Waals surface area contributed by atoms with Gasteiger partial charge in [0.1, 0.15) is 12.4 Å². The minimum atomic E-state index is -3.82. The van der Waals surface area contributed by atoms with Gasteiger partial charge in [-0.3, -0.25) is 14.5 Å². The molecule has 2 heterocycles. The number of ether oxygens (including phenoxy) is 1. The van der Waals surface area contributed by atoms with Crippen LogP contribution in [0.4, 0.5) is 17.3 Å². The highest BCUT2D eigenvalue weighted by molar-refractivity contribution is 7.89. The van der Waals surface area contributed by atoms with Crippen LogP contribution in [0.3, 0.4) is 0 Å². The number of nitrogens with two attached hydrogens (primary N) is 2. The van der Waals surface area contributed by atoms with E-state index in [1.165, 1.54) is 35.2 Å². The van der Waals surface area contributed by atoms with Crippen LogP contribution < -0.4 is 25.8 Å². The number of anilines is 3. The summed E-state index contributed by atoms with van der Waals surface area (Å²) in [6, 6.07) is 8.44. The average molecular weight is 391 g/mol. The van der Waals surface area contributed by atoms with Crippen LogP contribution in [0.1, 0.15) is 6.92 Å². The molecule has 0 spiro atoms. The van der Waals surface area contributed by atoms with Crippen LogP contribution in [0.25, 0.3) is 0 Å². The molecule has 5 N–H and O–H groups in total. The Labute approximate surface area is 155 Å². The highest BCUT2D eigenvalue weighted by Crippen LogP contribution is 2.32. The lowest BCUT2D eigenvalue weighted by atomic mass is 10.2. The molecule has 0 saturated heterocycles. The van der Waals surface area contributed by atoms with Crippen LogP contribution in [0.5, 0.6) is 5.75 Å². The highest BCUT2D eigenvalue weighted by Gasteiger charge is 2.34. The van der Waals surface area contributed by atoms with Gasteiger partial charge in [0.05, 0.1) is 4.90 Å². The predicted molar refractivity (Wildman–Crippen MR) is 97.5 cm³/mol. The Kier molecular flexibility index (Phi) is 4.72. The molecule has 1 aliphatic heterocycles. The van der Waals surface area contributed by atoms with Crippen molar-refractivity contribution >= 4 is 39.2 Å². The Morgan fingerprint density at radius 1 is 1.26 bits per heavy atom. The molecule has 1 aromatic carbocycles. The van der Waals surface area contributed by atoms with Crippen molar-refractivity contribution in [3.05, 3.63) is 36.4 Å².